The molecule has 0 radical (unpaired) electrons. The van der Waals surface area contributed by atoms with Crippen molar-refractivity contribution in [3.63, 3.8) is 0 Å². The molecule has 1 heterocycles. The fraction of sp³-hybridized carbons (Fsp3) is 0.400. The summed E-state index contributed by atoms with van der Waals surface area (Å²) in [7, 11) is 1.18. The molecule has 2 N–H and O–H groups in total. The highest BCUT2D eigenvalue weighted by Crippen LogP contribution is 2.49. The van der Waals surface area contributed by atoms with Gasteiger partial charge in [0.05, 0.1) is 10.0 Å². The van der Waals surface area contributed by atoms with Gasteiger partial charge < -0.3 is 15.2 Å². The van der Waals surface area contributed by atoms with Crippen molar-refractivity contribution in [3.8, 4) is 0 Å². The second-order valence-electron chi connectivity index (χ2n) is 7.51. The summed E-state index contributed by atoms with van der Waals surface area (Å²) in [6, 6.07) is 3.49. The first-order valence-corrected chi connectivity index (χ1v) is 10.2. The number of halogens is 7. The van der Waals surface area contributed by atoms with Crippen molar-refractivity contribution in [2.45, 2.75) is 38.4 Å². The van der Waals surface area contributed by atoms with E-state index < -0.39 is 45.2 Å². The van der Waals surface area contributed by atoms with Gasteiger partial charge in [-0.25, -0.2) is 4.39 Å². The highest BCUT2D eigenvalue weighted by atomic mass is 79.9. The van der Waals surface area contributed by atoms with Crippen LogP contribution in [0.1, 0.15) is 40.2 Å². The third kappa shape index (κ3) is 4.50. The molecule has 0 saturated heterocycles. The Kier molecular flexibility index (Phi) is 6.38. The van der Waals surface area contributed by atoms with Crippen molar-refractivity contribution in [2.24, 2.45) is 13.0 Å². The molecule has 3 rings (SSSR count). The number of nitrogens with one attached hydrogen (secondary N) is 2. The van der Waals surface area contributed by atoms with E-state index in [1.807, 2.05) is 0 Å². The topological polar surface area (TPSA) is 63.1 Å². The summed E-state index contributed by atoms with van der Waals surface area (Å²) >= 11 is 2.71. The Hall–Kier alpha value is -2.50. The first kappa shape index (κ1) is 24.1. The number of aromatic nitrogens is 1. The van der Waals surface area contributed by atoms with Crippen LogP contribution in [0.4, 0.5) is 32.0 Å². The van der Waals surface area contributed by atoms with Crippen LogP contribution in [0.15, 0.2) is 22.7 Å². The van der Waals surface area contributed by atoms with Gasteiger partial charge in [0.15, 0.2) is 0 Å². The van der Waals surface area contributed by atoms with Crippen LogP contribution in [0.25, 0.3) is 0 Å². The minimum absolute atomic E-state index is 0.0713. The summed E-state index contributed by atoms with van der Waals surface area (Å²) in [5, 5.41) is 4.95. The lowest BCUT2D eigenvalue weighted by Gasteiger charge is -2.20. The summed E-state index contributed by atoms with van der Waals surface area (Å²) in [5.74, 6) is -7.09. The maximum atomic E-state index is 14.1. The molecule has 0 unspecified atom stereocenters. The van der Waals surface area contributed by atoms with Crippen LogP contribution in [0.5, 0.6) is 0 Å². The van der Waals surface area contributed by atoms with E-state index in [1.54, 1.807) is 0 Å². The average molecular weight is 526 g/mol. The molecular formula is C20H18BrF6N3O2. The van der Waals surface area contributed by atoms with E-state index in [0.717, 1.165) is 30.4 Å². The highest BCUT2D eigenvalue weighted by Gasteiger charge is 2.61. The second kappa shape index (κ2) is 8.45. The van der Waals surface area contributed by atoms with Gasteiger partial charge in [-0.05, 0) is 53.9 Å². The van der Waals surface area contributed by atoms with Crippen molar-refractivity contribution < 1.29 is 35.9 Å². The van der Waals surface area contributed by atoms with Crippen LogP contribution in [0, 0.1) is 18.7 Å². The molecule has 2 aromatic rings. The molecular weight excluding hydrogens is 508 g/mol. The molecule has 0 atom stereocenters. The van der Waals surface area contributed by atoms with E-state index in [4.69, 9.17) is 0 Å². The van der Waals surface area contributed by atoms with Crippen molar-refractivity contribution in [1.82, 2.24) is 9.88 Å². The molecule has 0 aliphatic heterocycles. The molecule has 1 saturated carbocycles. The van der Waals surface area contributed by atoms with E-state index in [9.17, 15) is 35.9 Å². The van der Waals surface area contributed by atoms with E-state index >= 15 is 0 Å². The number of rotatable bonds is 6. The zero-order chi connectivity index (χ0) is 24.0. The average Bonchev–Trinajstić information content (AvgIpc) is 3.49. The molecule has 0 bridgehead atoms. The summed E-state index contributed by atoms with van der Waals surface area (Å²) in [5.41, 5.74) is -2.13. The lowest BCUT2D eigenvalue weighted by Crippen LogP contribution is -2.34. The molecule has 12 heteroatoms. The number of carbonyl (C=O) groups excluding carboxylic acids is 2. The standard InChI is InChI=1S/C20H18BrF6N3O2/c1-9-14(19(23,24)20(25,26)27)15(21)16(30(9)2)18(32)29-12-5-6-13(22)11(7-12)8-28-17(31)10-3-4-10/h5-7,10H,3-4,8H2,1-2H3,(H,28,31)(H,29,32). The van der Waals surface area contributed by atoms with Crippen molar-refractivity contribution >= 4 is 33.4 Å². The van der Waals surface area contributed by atoms with E-state index in [0.29, 0.717) is 0 Å². The Labute approximate surface area is 187 Å². The number of hydrogen-bond donors (Lipinski definition) is 2. The second-order valence-corrected chi connectivity index (χ2v) is 8.30. The Balaban J connectivity index is 1.85. The fourth-order valence-corrected chi connectivity index (χ4v) is 4.15. The normalized spacial score (nSPS) is 14.4. The van der Waals surface area contributed by atoms with E-state index in [-0.39, 0.29) is 29.6 Å². The molecule has 1 fully saturated rings. The zero-order valence-corrected chi connectivity index (χ0v) is 18.4. The summed E-state index contributed by atoms with van der Waals surface area (Å²) in [6.07, 6.45) is -4.32. The minimum atomic E-state index is -5.86. The molecule has 1 aromatic carbocycles. The number of amides is 2. The van der Waals surface area contributed by atoms with Crippen LogP contribution < -0.4 is 10.6 Å². The largest absolute Gasteiger partial charge is 0.458 e. The van der Waals surface area contributed by atoms with Crippen LogP contribution in [-0.2, 0) is 24.3 Å². The molecule has 1 aromatic heterocycles. The Morgan fingerprint density at radius 1 is 1.19 bits per heavy atom. The molecule has 1 aliphatic carbocycles. The minimum Gasteiger partial charge on any atom is -0.352 e. The SMILES string of the molecule is Cc1c(C(F)(F)C(F)(F)F)c(Br)c(C(=O)Nc2ccc(F)c(CNC(=O)C3CC3)c2)n1C. The summed E-state index contributed by atoms with van der Waals surface area (Å²) in [6.45, 7) is 0.912. The van der Waals surface area contributed by atoms with Gasteiger partial charge in [0, 0.05) is 36.5 Å². The first-order valence-electron chi connectivity index (χ1n) is 9.43. The predicted octanol–water partition coefficient (Wildman–Crippen LogP) is 5.17. The van der Waals surface area contributed by atoms with Gasteiger partial charge in [-0.15, -0.1) is 0 Å². The van der Waals surface area contributed by atoms with Gasteiger partial charge >= 0.3 is 12.1 Å². The van der Waals surface area contributed by atoms with Crippen molar-refractivity contribution in [3.05, 3.63) is 51.0 Å². The monoisotopic (exact) mass is 525 g/mol. The number of carbonyl (C=O) groups is 2. The van der Waals surface area contributed by atoms with Gasteiger partial charge in [-0.2, -0.15) is 22.0 Å². The van der Waals surface area contributed by atoms with Gasteiger partial charge in [0.1, 0.15) is 11.5 Å². The molecule has 1 aliphatic rings. The van der Waals surface area contributed by atoms with E-state index in [1.165, 1.54) is 19.2 Å². The Morgan fingerprint density at radius 2 is 1.81 bits per heavy atom. The molecule has 32 heavy (non-hydrogen) atoms. The molecule has 174 valence electrons. The van der Waals surface area contributed by atoms with Crippen LogP contribution in [0.3, 0.4) is 0 Å². The highest BCUT2D eigenvalue weighted by molar-refractivity contribution is 9.10. The van der Waals surface area contributed by atoms with Crippen LogP contribution in [-0.4, -0.2) is 22.6 Å². The predicted molar refractivity (Wildman–Crippen MR) is 107 cm³/mol. The number of anilines is 1. The van der Waals surface area contributed by atoms with Crippen molar-refractivity contribution in [1.29, 1.82) is 0 Å². The van der Waals surface area contributed by atoms with Gasteiger partial charge in [0.25, 0.3) is 5.91 Å². The quantitative estimate of drug-likeness (QED) is 0.511. The maximum Gasteiger partial charge on any atom is 0.458 e. The van der Waals surface area contributed by atoms with Crippen LogP contribution >= 0.6 is 15.9 Å². The number of nitrogens with zero attached hydrogens (tertiary/aromatic N) is 1. The number of hydrogen-bond acceptors (Lipinski definition) is 2. The maximum absolute atomic E-state index is 14.1. The Bertz CT molecular complexity index is 1080. The van der Waals surface area contributed by atoms with Gasteiger partial charge in [-0.3, -0.25) is 9.59 Å². The molecule has 0 spiro atoms. The summed E-state index contributed by atoms with van der Waals surface area (Å²) < 4.78 is 80.9. The first-order chi connectivity index (χ1) is 14.8. The number of benzene rings is 1. The lowest BCUT2D eigenvalue weighted by atomic mass is 10.1. The Morgan fingerprint density at radius 3 is 2.38 bits per heavy atom. The van der Waals surface area contributed by atoms with Crippen LogP contribution in [0.2, 0.25) is 0 Å². The number of alkyl halides is 5. The fourth-order valence-electron chi connectivity index (χ4n) is 3.17. The zero-order valence-electron chi connectivity index (χ0n) is 16.8. The third-order valence-corrected chi connectivity index (χ3v) is 5.99. The molecule has 5 nitrogen and oxygen atoms in total. The lowest BCUT2D eigenvalue weighted by molar-refractivity contribution is -0.289. The third-order valence-electron chi connectivity index (χ3n) is 5.22. The molecule has 2 amide bonds. The smallest absolute Gasteiger partial charge is 0.352 e. The van der Waals surface area contributed by atoms with Crippen molar-refractivity contribution in [2.75, 3.05) is 5.32 Å². The van der Waals surface area contributed by atoms with Gasteiger partial charge in [0.2, 0.25) is 5.91 Å². The van der Waals surface area contributed by atoms with Gasteiger partial charge in [-0.1, -0.05) is 0 Å². The van der Waals surface area contributed by atoms with E-state index in [2.05, 4.69) is 26.6 Å². The summed E-state index contributed by atoms with van der Waals surface area (Å²) in [4.78, 5) is 24.5.